The molecule has 132 valence electrons. The van der Waals surface area contributed by atoms with Gasteiger partial charge in [0.25, 0.3) is 5.69 Å². The fraction of sp³-hybridized carbons (Fsp3) is 0.0588. The third kappa shape index (κ3) is 4.01. The van der Waals surface area contributed by atoms with Crippen molar-refractivity contribution in [2.75, 3.05) is 0 Å². The largest absolute Gasteiger partial charge is 0.456 e. The number of aromatic nitrogens is 2. The molecule has 26 heavy (non-hydrogen) atoms. The van der Waals surface area contributed by atoms with Gasteiger partial charge >= 0.3 is 5.97 Å². The van der Waals surface area contributed by atoms with Gasteiger partial charge in [-0.05, 0) is 18.2 Å². The highest BCUT2D eigenvalue weighted by Crippen LogP contribution is 2.22. The topological polar surface area (TPSA) is 86.7 Å². The molecule has 0 atom stereocenters. The van der Waals surface area contributed by atoms with E-state index in [1.165, 1.54) is 18.2 Å². The predicted octanol–water partition coefficient (Wildman–Crippen LogP) is 4.31. The number of carbonyl (C=O) groups excluding carboxylic acids is 1. The zero-order valence-corrected chi connectivity index (χ0v) is 14.6. The molecule has 0 aliphatic heterocycles. The maximum atomic E-state index is 11.8. The van der Waals surface area contributed by atoms with Crippen LogP contribution in [0.25, 0.3) is 11.7 Å². The Bertz CT molecular complexity index is 1030. The number of benzene rings is 1. The molecule has 9 heteroatoms. The summed E-state index contributed by atoms with van der Waals surface area (Å²) < 4.78 is 6.74. The van der Waals surface area contributed by atoms with Gasteiger partial charge in [-0.2, -0.15) is 0 Å². The minimum absolute atomic E-state index is 0.0737. The summed E-state index contributed by atoms with van der Waals surface area (Å²) in [4.78, 5) is 26.5. The van der Waals surface area contributed by atoms with E-state index in [0.717, 1.165) is 6.08 Å². The van der Waals surface area contributed by atoms with Crippen molar-refractivity contribution in [3.05, 3.63) is 80.2 Å². The number of hydrogen-bond donors (Lipinski definition) is 0. The van der Waals surface area contributed by atoms with E-state index >= 15 is 0 Å². The average molecular weight is 392 g/mol. The molecule has 0 fully saturated rings. The lowest BCUT2D eigenvalue weighted by atomic mass is 10.1. The summed E-state index contributed by atoms with van der Waals surface area (Å²) in [6, 6.07) is 7.65. The number of nitro benzene ring substituents is 1. The van der Waals surface area contributed by atoms with Crippen LogP contribution < -0.4 is 0 Å². The van der Waals surface area contributed by atoms with Gasteiger partial charge in [0.1, 0.15) is 6.61 Å². The van der Waals surface area contributed by atoms with Crippen LogP contribution in [0.3, 0.4) is 0 Å². The minimum atomic E-state index is -0.649. The average Bonchev–Trinajstić information content (AvgIpc) is 3.01. The quantitative estimate of drug-likeness (QED) is 0.280. The number of rotatable bonds is 5. The molecule has 0 aliphatic rings. The Labute approximate surface area is 157 Å². The number of pyridine rings is 1. The molecule has 2 aromatic heterocycles. The molecule has 2 heterocycles. The first-order chi connectivity index (χ1) is 12.4. The van der Waals surface area contributed by atoms with Crippen LogP contribution in [0, 0.1) is 10.1 Å². The predicted molar refractivity (Wildman–Crippen MR) is 97.1 cm³/mol. The summed E-state index contributed by atoms with van der Waals surface area (Å²) in [7, 11) is 0. The van der Waals surface area contributed by atoms with Crippen molar-refractivity contribution in [2.24, 2.45) is 0 Å². The summed E-state index contributed by atoms with van der Waals surface area (Å²) >= 11 is 12.0. The first-order valence-electron chi connectivity index (χ1n) is 7.35. The van der Waals surface area contributed by atoms with E-state index < -0.39 is 10.9 Å². The third-order valence-electron chi connectivity index (χ3n) is 3.42. The Balaban J connectivity index is 1.68. The molecule has 3 rings (SSSR count). The molecular weight excluding hydrogens is 381 g/mol. The maximum absolute atomic E-state index is 11.8. The second-order valence-corrected chi connectivity index (χ2v) is 6.07. The molecule has 0 saturated carbocycles. The number of imidazole rings is 1. The molecule has 0 amide bonds. The van der Waals surface area contributed by atoms with Crippen LogP contribution in [-0.4, -0.2) is 20.3 Å². The van der Waals surface area contributed by atoms with E-state index in [9.17, 15) is 14.9 Å². The third-order valence-corrected chi connectivity index (χ3v) is 3.90. The van der Waals surface area contributed by atoms with E-state index in [4.69, 9.17) is 27.9 Å². The number of esters is 1. The first kappa shape index (κ1) is 17.9. The van der Waals surface area contributed by atoms with Crippen LogP contribution in [0.1, 0.15) is 11.3 Å². The molecule has 0 saturated heterocycles. The Morgan fingerprint density at radius 1 is 1.31 bits per heavy atom. The minimum Gasteiger partial charge on any atom is -0.456 e. The van der Waals surface area contributed by atoms with E-state index in [0.29, 0.717) is 26.9 Å². The van der Waals surface area contributed by atoms with Crippen molar-refractivity contribution >= 4 is 46.6 Å². The summed E-state index contributed by atoms with van der Waals surface area (Å²) in [5.74, 6) is -0.649. The van der Waals surface area contributed by atoms with Gasteiger partial charge in [-0.3, -0.25) is 10.1 Å². The highest BCUT2D eigenvalue weighted by Gasteiger charge is 2.11. The van der Waals surface area contributed by atoms with Crippen LogP contribution in [0.5, 0.6) is 0 Å². The van der Waals surface area contributed by atoms with E-state index in [1.807, 2.05) is 0 Å². The molecule has 0 N–H and O–H groups in total. The molecule has 0 aliphatic carbocycles. The number of para-hydroxylation sites is 1. The Kier molecular flexibility index (Phi) is 5.20. The number of halogens is 2. The van der Waals surface area contributed by atoms with Crippen LogP contribution in [0.4, 0.5) is 5.69 Å². The van der Waals surface area contributed by atoms with Gasteiger partial charge in [0.15, 0.2) is 5.65 Å². The first-order valence-corrected chi connectivity index (χ1v) is 8.10. The van der Waals surface area contributed by atoms with Crippen molar-refractivity contribution in [1.82, 2.24) is 9.38 Å². The molecule has 0 spiro atoms. The summed E-state index contributed by atoms with van der Waals surface area (Å²) in [5.41, 5.74) is 1.20. The standard InChI is InChI=1S/C17H11Cl2N3O4/c18-12-7-14(19)17-20-13(9-21(17)8-12)10-26-16(23)6-5-11-3-1-2-4-15(11)22(24)25/h1-9H,10H2. The van der Waals surface area contributed by atoms with Gasteiger partial charge in [-0.1, -0.05) is 35.3 Å². The molecule has 1 aromatic carbocycles. The molecule has 0 bridgehead atoms. The number of hydrogen-bond acceptors (Lipinski definition) is 5. The summed E-state index contributed by atoms with van der Waals surface area (Å²) in [6.45, 7) is -0.0737. The van der Waals surface area contributed by atoms with Crippen LogP contribution >= 0.6 is 23.2 Å². The van der Waals surface area contributed by atoms with Gasteiger partial charge < -0.3 is 9.14 Å². The van der Waals surface area contributed by atoms with E-state index in [1.54, 1.807) is 35.0 Å². The van der Waals surface area contributed by atoms with Crippen molar-refractivity contribution < 1.29 is 14.5 Å². The smallest absolute Gasteiger partial charge is 0.331 e. The number of nitrogens with zero attached hydrogens (tertiary/aromatic N) is 3. The lowest BCUT2D eigenvalue weighted by Gasteiger charge is -1.99. The Morgan fingerprint density at radius 2 is 2.08 bits per heavy atom. The van der Waals surface area contributed by atoms with Crippen molar-refractivity contribution in [3.63, 3.8) is 0 Å². The highest BCUT2D eigenvalue weighted by atomic mass is 35.5. The lowest BCUT2D eigenvalue weighted by molar-refractivity contribution is -0.385. The second kappa shape index (κ2) is 7.55. The lowest BCUT2D eigenvalue weighted by Crippen LogP contribution is -2.01. The van der Waals surface area contributed by atoms with Crippen molar-refractivity contribution in [3.8, 4) is 0 Å². The van der Waals surface area contributed by atoms with E-state index in [2.05, 4.69) is 4.98 Å². The van der Waals surface area contributed by atoms with Crippen molar-refractivity contribution in [1.29, 1.82) is 0 Å². The molecule has 0 radical (unpaired) electrons. The number of carbonyl (C=O) groups is 1. The van der Waals surface area contributed by atoms with Crippen molar-refractivity contribution in [2.45, 2.75) is 6.61 Å². The van der Waals surface area contributed by atoms with Gasteiger partial charge in [-0.25, -0.2) is 9.78 Å². The zero-order chi connectivity index (χ0) is 18.7. The number of ether oxygens (including phenoxy) is 1. The van der Waals surface area contributed by atoms with Crippen LogP contribution in [0.2, 0.25) is 10.0 Å². The molecule has 7 nitrogen and oxygen atoms in total. The van der Waals surface area contributed by atoms with Gasteiger partial charge in [-0.15, -0.1) is 0 Å². The molecule has 0 unspecified atom stereocenters. The van der Waals surface area contributed by atoms with Gasteiger partial charge in [0.2, 0.25) is 0 Å². The van der Waals surface area contributed by atoms with Crippen LogP contribution in [0.15, 0.2) is 48.8 Å². The normalized spacial score (nSPS) is 11.2. The molecule has 3 aromatic rings. The van der Waals surface area contributed by atoms with E-state index in [-0.39, 0.29) is 12.3 Å². The summed E-state index contributed by atoms with van der Waals surface area (Å²) in [6.07, 6.45) is 5.74. The molecular formula is C17H11Cl2N3O4. The fourth-order valence-corrected chi connectivity index (χ4v) is 2.82. The number of fused-ring (bicyclic) bond motifs is 1. The number of nitro groups is 1. The highest BCUT2D eigenvalue weighted by molar-refractivity contribution is 6.36. The van der Waals surface area contributed by atoms with Gasteiger partial charge in [0, 0.05) is 24.5 Å². The fourth-order valence-electron chi connectivity index (χ4n) is 2.29. The zero-order valence-electron chi connectivity index (χ0n) is 13.1. The monoisotopic (exact) mass is 391 g/mol. The SMILES string of the molecule is O=C(C=Cc1ccccc1[N+](=O)[O-])OCc1cn2cc(Cl)cc(Cl)c2n1. The maximum Gasteiger partial charge on any atom is 0.331 e. The van der Waals surface area contributed by atoms with Crippen LogP contribution in [-0.2, 0) is 16.1 Å². The Morgan fingerprint density at radius 3 is 2.85 bits per heavy atom. The van der Waals surface area contributed by atoms with Gasteiger partial charge in [0.05, 0.1) is 26.2 Å². The Hall–Kier alpha value is -2.90. The second-order valence-electron chi connectivity index (χ2n) is 5.23. The summed E-state index contributed by atoms with van der Waals surface area (Å²) in [5, 5.41) is 11.8.